The molecule has 1 heterocycles. The van der Waals surface area contributed by atoms with E-state index in [0.717, 1.165) is 25.7 Å². The van der Waals surface area contributed by atoms with Crippen LogP contribution in [-0.4, -0.2) is 50.5 Å². The Morgan fingerprint density at radius 2 is 1.62 bits per heavy atom. The summed E-state index contributed by atoms with van der Waals surface area (Å²) in [5.41, 5.74) is 0.566. The van der Waals surface area contributed by atoms with Gasteiger partial charge >= 0.3 is 0 Å². The minimum Gasteiger partial charge on any atom is -0.493 e. The molecule has 0 saturated carbocycles. The normalized spacial score (nSPS) is 14.8. The van der Waals surface area contributed by atoms with Crippen molar-refractivity contribution in [2.75, 3.05) is 32.1 Å². The summed E-state index contributed by atoms with van der Waals surface area (Å²) < 4.78 is 37.9. The molecule has 32 heavy (non-hydrogen) atoms. The zero-order valence-electron chi connectivity index (χ0n) is 17.9. The Morgan fingerprint density at radius 3 is 2.25 bits per heavy atom. The molecule has 172 valence electrons. The van der Waals surface area contributed by atoms with Gasteiger partial charge in [0.1, 0.15) is 0 Å². The number of hydrogen-bond donors (Lipinski definition) is 2. The second-order valence-corrected chi connectivity index (χ2v) is 9.63. The van der Waals surface area contributed by atoms with Crippen LogP contribution >= 0.6 is 12.2 Å². The van der Waals surface area contributed by atoms with Crippen molar-refractivity contribution in [3.05, 3.63) is 48.5 Å². The molecule has 0 aliphatic carbocycles. The number of ether oxygens (including phenoxy) is 2. The summed E-state index contributed by atoms with van der Waals surface area (Å²) in [5, 5.41) is 5.49. The van der Waals surface area contributed by atoms with Crippen LogP contribution in [0.15, 0.2) is 53.4 Å². The summed E-state index contributed by atoms with van der Waals surface area (Å²) in [4.78, 5) is 12.4. The number of thiocarbonyl (C=S) groups is 1. The summed E-state index contributed by atoms with van der Waals surface area (Å²) in [6.07, 6.45) is 3.88. The minimum atomic E-state index is -3.51. The maximum atomic E-state index is 12.9. The third-order valence-corrected chi connectivity index (χ3v) is 7.11. The van der Waals surface area contributed by atoms with Gasteiger partial charge in [-0.1, -0.05) is 25.0 Å². The molecule has 2 aromatic rings. The van der Waals surface area contributed by atoms with E-state index in [1.165, 1.54) is 19.2 Å². The van der Waals surface area contributed by atoms with Crippen LogP contribution in [0.3, 0.4) is 0 Å². The van der Waals surface area contributed by atoms with E-state index in [-0.39, 0.29) is 16.6 Å². The number of methoxy groups -OCH3 is 1. The van der Waals surface area contributed by atoms with Crippen LogP contribution < -0.4 is 20.1 Å². The fraction of sp³-hybridized carbons (Fsp3) is 0.364. The smallest absolute Gasteiger partial charge is 0.264 e. The minimum absolute atomic E-state index is 0.0850. The number of carbonyl (C=O) groups is 1. The lowest BCUT2D eigenvalue weighted by molar-refractivity contribution is -0.121. The van der Waals surface area contributed by atoms with E-state index in [9.17, 15) is 13.2 Å². The number of anilines is 1. The van der Waals surface area contributed by atoms with Gasteiger partial charge < -0.3 is 14.8 Å². The van der Waals surface area contributed by atoms with Crippen molar-refractivity contribution in [3.8, 4) is 11.5 Å². The Kier molecular flexibility index (Phi) is 8.43. The molecular formula is C22H27N3O5S2. The van der Waals surface area contributed by atoms with Gasteiger partial charge in [-0.2, -0.15) is 4.31 Å². The van der Waals surface area contributed by atoms with Crippen molar-refractivity contribution in [1.82, 2.24) is 9.62 Å². The Hall–Kier alpha value is -2.69. The summed E-state index contributed by atoms with van der Waals surface area (Å²) in [6.45, 7) is 0.861. The quantitative estimate of drug-likeness (QED) is 0.591. The standard InChI is InChI=1S/C22H27N3O5S2/c1-29-19-8-4-5-9-20(19)30-16-21(26)24-22(31)23-17-10-12-18(13-11-17)32(27,28)25-14-6-2-3-7-15-25/h4-5,8-13H,2-3,6-7,14-16H2,1H3,(H2,23,24,26,31). The van der Waals surface area contributed by atoms with Crippen molar-refractivity contribution >= 4 is 38.9 Å². The number of hydrogen-bond acceptors (Lipinski definition) is 6. The van der Waals surface area contributed by atoms with Gasteiger partial charge in [-0.05, 0) is 61.5 Å². The highest BCUT2D eigenvalue weighted by atomic mass is 32.2. The van der Waals surface area contributed by atoms with Gasteiger partial charge in [0.15, 0.2) is 23.2 Å². The van der Waals surface area contributed by atoms with Gasteiger partial charge in [0.2, 0.25) is 10.0 Å². The molecule has 2 N–H and O–H groups in total. The second-order valence-electron chi connectivity index (χ2n) is 7.28. The highest BCUT2D eigenvalue weighted by Gasteiger charge is 2.25. The lowest BCUT2D eigenvalue weighted by Crippen LogP contribution is -2.37. The summed E-state index contributed by atoms with van der Waals surface area (Å²) >= 11 is 5.17. The van der Waals surface area contributed by atoms with Gasteiger partial charge in [0.25, 0.3) is 5.91 Å². The predicted octanol–water partition coefficient (Wildman–Crippen LogP) is 3.15. The average Bonchev–Trinajstić information content (AvgIpc) is 3.08. The van der Waals surface area contributed by atoms with Crippen LogP contribution in [0.25, 0.3) is 0 Å². The van der Waals surface area contributed by atoms with Crippen molar-refractivity contribution in [2.45, 2.75) is 30.6 Å². The Bertz CT molecular complexity index is 1030. The number of sulfonamides is 1. The first-order chi connectivity index (χ1) is 15.4. The molecular weight excluding hydrogens is 450 g/mol. The van der Waals surface area contributed by atoms with Crippen LogP contribution in [0.1, 0.15) is 25.7 Å². The average molecular weight is 478 g/mol. The van der Waals surface area contributed by atoms with Gasteiger partial charge in [-0.25, -0.2) is 8.42 Å². The Balaban J connectivity index is 1.52. The molecule has 0 atom stereocenters. The first kappa shape index (κ1) is 24.0. The van der Waals surface area contributed by atoms with E-state index < -0.39 is 15.9 Å². The molecule has 1 amide bonds. The number of rotatable bonds is 7. The molecule has 3 rings (SSSR count). The second kappa shape index (κ2) is 11.3. The van der Waals surface area contributed by atoms with Crippen molar-refractivity contribution in [3.63, 3.8) is 0 Å². The van der Waals surface area contributed by atoms with Gasteiger partial charge in [0, 0.05) is 18.8 Å². The third kappa shape index (κ3) is 6.41. The van der Waals surface area contributed by atoms with Crippen LogP contribution in [-0.2, 0) is 14.8 Å². The predicted molar refractivity (Wildman–Crippen MR) is 127 cm³/mol. The van der Waals surface area contributed by atoms with E-state index in [1.807, 2.05) is 0 Å². The van der Waals surface area contributed by atoms with Crippen molar-refractivity contribution < 1.29 is 22.7 Å². The molecule has 0 aromatic heterocycles. The maximum Gasteiger partial charge on any atom is 0.264 e. The van der Waals surface area contributed by atoms with Crippen LogP contribution in [0.2, 0.25) is 0 Å². The summed E-state index contributed by atoms with van der Waals surface area (Å²) in [6, 6.07) is 13.3. The highest BCUT2D eigenvalue weighted by Crippen LogP contribution is 2.25. The molecule has 0 radical (unpaired) electrons. The zero-order chi connectivity index (χ0) is 23.0. The molecule has 1 aliphatic rings. The van der Waals surface area contributed by atoms with Gasteiger partial charge in [-0.3, -0.25) is 10.1 Å². The lowest BCUT2D eigenvalue weighted by Gasteiger charge is -2.20. The number of carbonyl (C=O) groups excluding carboxylic acids is 1. The van der Waals surface area contributed by atoms with Crippen molar-refractivity contribution in [1.29, 1.82) is 0 Å². The summed E-state index contributed by atoms with van der Waals surface area (Å²) in [7, 11) is -1.99. The molecule has 2 aromatic carbocycles. The van der Waals surface area contributed by atoms with E-state index in [1.54, 1.807) is 40.7 Å². The Labute approximate surface area is 193 Å². The number of para-hydroxylation sites is 2. The van der Waals surface area contributed by atoms with Gasteiger partial charge in [-0.15, -0.1) is 0 Å². The van der Waals surface area contributed by atoms with Crippen LogP contribution in [0.4, 0.5) is 5.69 Å². The first-order valence-corrected chi connectivity index (χ1v) is 12.2. The monoisotopic (exact) mass is 477 g/mol. The lowest BCUT2D eigenvalue weighted by atomic mass is 10.2. The number of amides is 1. The first-order valence-electron chi connectivity index (χ1n) is 10.4. The fourth-order valence-corrected chi connectivity index (χ4v) is 5.10. The van der Waals surface area contributed by atoms with Crippen LogP contribution in [0, 0.1) is 0 Å². The molecule has 1 fully saturated rings. The van der Waals surface area contributed by atoms with E-state index in [4.69, 9.17) is 21.7 Å². The van der Waals surface area contributed by atoms with E-state index >= 15 is 0 Å². The molecule has 1 aliphatic heterocycles. The molecule has 0 bridgehead atoms. The number of benzene rings is 2. The molecule has 10 heteroatoms. The molecule has 8 nitrogen and oxygen atoms in total. The summed E-state index contributed by atoms with van der Waals surface area (Å²) in [5.74, 6) is 0.537. The zero-order valence-corrected chi connectivity index (χ0v) is 19.5. The van der Waals surface area contributed by atoms with Crippen LogP contribution in [0.5, 0.6) is 11.5 Å². The highest BCUT2D eigenvalue weighted by molar-refractivity contribution is 7.89. The SMILES string of the molecule is COc1ccccc1OCC(=O)NC(=S)Nc1ccc(S(=O)(=O)N2CCCCCC2)cc1. The maximum absolute atomic E-state index is 12.9. The Morgan fingerprint density at radius 1 is 1.00 bits per heavy atom. The third-order valence-electron chi connectivity index (χ3n) is 5.00. The topological polar surface area (TPSA) is 97.0 Å². The largest absolute Gasteiger partial charge is 0.493 e. The molecule has 0 unspecified atom stereocenters. The van der Waals surface area contributed by atoms with E-state index in [2.05, 4.69) is 10.6 Å². The number of nitrogens with zero attached hydrogens (tertiary/aromatic N) is 1. The molecule has 1 saturated heterocycles. The van der Waals surface area contributed by atoms with E-state index in [0.29, 0.717) is 30.3 Å². The molecule has 0 spiro atoms. The number of nitrogens with one attached hydrogen (secondary N) is 2. The fourth-order valence-electron chi connectivity index (χ4n) is 3.35. The van der Waals surface area contributed by atoms with Crippen molar-refractivity contribution in [2.24, 2.45) is 0 Å². The van der Waals surface area contributed by atoms with Gasteiger partial charge in [0.05, 0.1) is 12.0 Å².